The van der Waals surface area contributed by atoms with E-state index >= 15 is 0 Å². The van der Waals surface area contributed by atoms with E-state index in [0.29, 0.717) is 17.9 Å². The Hall–Kier alpha value is -2.68. The molecule has 3 heteroatoms. The third-order valence-electron chi connectivity index (χ3n) is 3.66. The third-order valence-corrected chi connectivity index (χ3v) is 3.66. The minimum Gasteiger partial charge on any atom is -0.507 e. The molecule has 0 amide bonds. The highest BCUT2D eigenvalue weighted by molar-refractivity contribution is 5.97. The minimum absolute atomic E-state index is 0.242. The van der Waals surface area contributed by atoms with E-state index in [0.717, 1.165) is 22.1 Å². The van der Waals surface area contributed by atoms with Crippen LogP contribution in [0.3, 0.4) is 0 Å². The van der Waals surface area contributed by atoms with Crippen LogP contribution in [0.15, 0.2) is 54.6 Å². The first kappa shape index (κ1) is 14.3. The van der Waals surface area contributed by atoms with Crippen LogP contribution in [0.1, 0.15) is 6.92 Å². The molecule has 3 rings (SSSR count). The van der Waals surface area contributed by atoms with E-state index in [4.69, 9.17) is 9.47 Å². The quantitative estimate of drug-likeness (QED) is 0.763. The standard InChI is InChI=1S/C19H18O3/c1-3-22-17-12-14-6-4-5-7-16(14)19(20)18(17)13-8-10-15(21-2)11-9-13/h4-12,20H,3H2,1-2H3. The summed E-state index contributed by atoms with van der Waals surface area (Å²) in [6.45, 7) is 2.48. The number of hydrogen-bond acceptors (Lipinski definition) is 3. The maximum atomic E-state index is 10.7. The predicted molar refractivity (Wildman–Crippen MR) is 88.8 cm³/mol. The van der Waals surface area contributed by atoms with Crippen molar-refractivity contribution < 1.29 is 14.6 Å². The Bertz CT molecular complexity index is 792. The van der Waals surface area contributed by atoms with Crippen molar-refractivity contribution in [2.24, 2.45) is 0 Å². The van der Waals surface area contributed by atoms with Gasteiger partial charge >= 0.3 is 0 Å². The van der Waals surface area contributed by atoms with Gasteiger partial charge in [0.1, 0.15) is 17.2 Å². The van der Waals surface area contributed by atoms with Gasteiger partial charge in [-0.1, -0.05) is 36.4 Å². The van der Waals surface area contributed by atoms with Crippen molar-refractivity contribution in [1.82, 2.24) is 0 Å². The molecule has 0 fully saturated rings. The number of benzene rings is 3. The summed E-state index contributed by atoms with van der Waals surface area (Å²) in [7, 11) is 1.63. The summed E-state index contributed by atoms with van der Waals surface area (Å²) >= 11 is 0. The molecule has 0 aliphatic carbocycles. The number of aromatic hydroxyl groups is 1. The first-order valence-electron chi connectivity index (χ1n) is 7.26. The van der Waals surface area contributed by atoms with Crippen LogP contribution >= 0.6 is 0 Å². The van der Waals surface area contributed by atoms with Crippen LogP contribution in [-0.2, 0) is 0 Å². The van der Waals surface area contributed by atoms with Crippen LogP contribution < -0.4 is 9.47 Å². The zero-order chi connectivity index (χ0) is 15.5. The van der Waals surface area contributed by atoms with Gasteiger partial charge in [0.15, 0.2) is 0 Å². The summed E-state index contributed by atoms with van der Waals surface area (Å²) in [6.07, 6.45) is 0. The van der Waals surface area contributed by atoms with Gasteiger partial charge in [0.25, 0.3) is 0 Å². The van der Waals surface area contributed by atoms with E-state index in [9.17, 15) is 5.11 Å². The molecule has 3 aromatic carbocycles. The van der Waals surface area contributed by atoms with Gasteiger partial charge in [-0.15, -0.1) is 0 Å². The molecule has 0 radical (unpaired) electrons. The second-order valence-electron chi connectivity index (χ2n) is 4.98. The molecule has 3 nitrogen and oxygen atoms in total. The van der Waals surface area contributed by atoms with Gasteiger partial charge < -0.3 is 14.6 Å². The summed E-state index contributed by atoms with van der Waals surface area (Å²) in [5, 5.41) is 12.5. The molecule has 1 N–H and O–H groups in total. The van der Waals surface area contributed by atoms with Crippen molar-refractivity contribution in [3.05, 3.63) is 54.6 Å². The van der Waals surface area contributed by atoms with Crippen LogP contribution in [0.25, 0.3) is 21.9 Å². The summed E-state index contributed by atoms with van der Waals surface area (Å²) in [5.41, 5.74) is 1.61. The predicted octanol–water partition coefficient (Wildman–Crippen LogP) is 4.62. The highest BCUT2D eigenvalue weighted by atomic mass is 16.5. The maximum Gasteiger partial charge on any atom is 0.134 e. The number of methoxy groups -OCH3 is 1. The number of phenolic OH excluding ortho intramolecular Hbond substituents is 1. The molecule has 0 spiro atoms. The average molecular weight is 294 g/mol. The molecule has 0 saturated heterocycles. The van der Waals surface area contributed by atoms with Gasteiger partial charge in [-0.25, -0.2) is 0 Å². The number of hydrogen-bond donors (Lipinski definition) is 1. The number of fused-ring (bicyclic) bond motifs is 1. The molecule has 0 bridgehead atoms. The normalized spacial score (nSPS) is 10.6. The molecule has 0 heterocycles. The molecule has 0 saturated carbocycles. The topological polar surface area (TPSA) is 38.7 Å². The molecule has 0 aliphatic heterocycles. The zero-order valence-electron chi connectivity index (χ0n) is 12.7. The van der Waals surface area contributed by atoms with Crippen molar-refractivity contribution in [3.63, 3.8) is 0 Å². The Labute approximate surface area is 129 Å². The van der Waals surface area contributed by atoms with Crippen LogP contribution in [0.5, 0.6) is 17.2 Å². The number of phenols is 1. The lowest BCUT2D eigenvalue weighted by Gasteiger charge is -2.15. The molecule has 0 unspecified atom stereocenters. The van der Waals surface area contributed by atoms with E-state index in [-0.39, 0.29) is 5.75 Å². The summed E-state index contributed by atoms with van der Waals surface area (Å²) in [5.74, 6) is 1.71. The van der Waals surface area contributed by atoms with E-state index < -0.39 is 0 Å². The Balaban J connectivity index is 2.24. The van der Waals surface area contributed by atoms with E-state index in [1.165, 1.54) is 0 Å². The number of ether oxygens (including phenoxy) is 2. The molecular weight excluding hydrogens is 276 g/mol. The summed E-state index contributed by atoms with van der Waals surface area (Å²) in [6, 6.07) is 17.3. The molecule has 3 aromatic rings. The lowest BCUT2D eigenvalue weighted by atomic mass is 9.98. The summed E-state index contributed by atoms with van der Waals surface area (Å²) < 4.78 is 10.9. The van der Waals surface area contributed by atoms with Gasteiger partial charge in [-0.05, 0) is 36.1 Å². The first-order chi connectivity index (χ1) is 10.7. The molecule has 0 aromatic heterocycles. The van der Waals surface area contributed by atoms with Gasteiger partial charge in [-0.2, -0.15) is 0 Å². The van der Waals surface area contributed by atoms with Crippen LogP contribution in [0, 0.1) is 0 Å². The van der Waals surface area contributed by atoms with Gasteiger partial charge in [0.2, 0.25) is 0 Å². The molecule has 0 atom stereocenters. The largest absolute Gasteiger partial charge is 0.507 e. The fraction of sp³-hybridized carbons (Fsp3) is 0.158. The second kappa shape index (κ2) is 5.98. The van der Waals surface area contributed by atoms with Crippen molar-refractivity contribution >= 4 is 10.8 Å². The Morgan fingerprint density at radius 3 is 2.41 bits per heavy atom. The second-order valence-corrected chi connectivity index (χ2v) is 4.98. The molecule has 0 aliphatic rings. The number of rotatable bonds is 4. The van der Waals surface area contributed by atoms with Crippen LogP contribution in [-0.4, -0.2) is 18.8 Å². The lowest BCUT2D eigenvalue weighted by Crippen LogP contribution is -1.95. The van der Waals surface area contributed by atoms with Crippen molar-refractivity contribution in [2.75, 3.05) is 13.7 Å². The van der Waals surface area contributed by atoms with Gasteiger partial charge in [0, 0.05) is 5.39 Å². The smallest absolute Gasteiger partial charge is 0.134 e. The maximum absolute atomic E-state index is 10.7. The highest BCUT2D eigenvalue weighted by Crippen LogP contribution is 2.43. The fourth-order valence-corrected chi connectivity index (χ4v) is 2.61. The third kappa shape index (κ3) is 2.46. The zero-order valence-corrected chi connectivity index (χ0v) is 12.7. The van der Waals surface area contributed by atoms with E-state index in [2.05, 4.69) is 0 Å². The molecular formula is C19H18O3. The van der Waals surface area contributed by atoms with Crippen molar-refractivity contribution in [1.29, 1.82) is 0 Å². The van der Waals surface area contributed by atoms with E-state index in [1.54, 1.807) is 7.11 Å². The van der Waals surface area contributed by atoms with Crippen molar-refractivity contribution in [2.45, 2.75) is 6.92 Å². The Morgan fingerprint density at radius 2 is 1.73 bits per heavy atom. The Morgan fingerprint density at radius 1 is 1.00 bits per heavy atom. The molecule has 112 valence electrons. The highest BCUT2D eigenvalue weighted by Gasteiger charge is 2.15. The lowest BCUT2D eigenvalue weighted by molar-refractivity contribution is 0.340. The minimum atomic E-state index is 0.242. The summed E-state index contributed by atoms with van der Waals surface area (Å²) in [4.78, 5) is 0. The fourth-order valence-electron chi connectivity index (χ4n) is 2.61. The first-order valence-corrected chi connectivity index (χ1v) is 7.26. The van der Waals surface area contributed by atoms with Gasteiger partial charge in [-0.3, -0.25) is 0 Å². The van der Waals surface area contributed by atoms with Crippen molar-refractivity contribution in [3.8, 4) is 28.4 Å². The Kier molecular flexibility index (Phi) is 3.88. The van der Waals surface area contributed by atoms with E-state index in [1.807, 2.05) is 61.5 Å². The van der Waals surface area contributed by atoms with Gasteiger partial charge in [0.05, 0.1) is 19.3 Å². The monoisotopic (exact) mass is 294 g/mol. The molecule has 22 heavy (non-hydrogen) atoms. The SMILES string of the molecule is CCOc1cc2ccccc2c(O)c1-c1ccc(OC)cc1. The average Bonchev–Trinajstić information content (AvgIpc) is 2.56. The van der Waals surface area contributed by atoms with Crippen LogP contribution in [0.2, 0.25) is 0 Å². The van der Waals surface area contributed by atoms with Crippen LogP contribution in [0.4, 0.5) is 0 Å².